The first-order chi connectivity index (χ1) is 19.1. The molecule has 40 heavy (non-hydrogen) atoms. The maximum absolute atomic E-state index is 15.1. The predicted molar refractivity (Wildman–Crippen MR) is 159 cm³/mol. The lowest BCUT2D eigenvalue weighted by molar-refractivity contribution is 0.186. The van der Waals surface area contributed by atoms with Crippen LogP contribution in [0, 0.1) is 11.2 Å². The second-order valence-corrected chi connectivity index (χ2v) is 10.7. The Hall–Kier alpha value is -3.44. The molecule has 1 aliphatic rings. The Morgan fingerprint density at radius 2 is 1.93 bits per heavy atom. The number of aliphatic hydroxyl groups is 1. The third kappa shape index (κ3) is 7.39. The number of halogens is 2. The standard InChI is InChI=1S/C29H38ClFN8O/c1-17(32)5-4-6-18-13-22(26(31)23(30)14-18)25-15-20-16-39(29(40)38-27(20)37-25)21-10-8-19(9-11-21)24(33)7-2-3-12-36-28(34)35/h8-11,13-17,24,29,40H,2-7,12,32-33H2,1H3,(H,37,38)(H4,34,35,36)/t17-,24+,29?/m0/s1. The first-order valence-electron chi connectivity index (χ1n) is 13.5. The summed E-state index contributed by atoms with van der Waals surface area (Å²) < 4.78 is 15.1. The molecule has 1 aliphatic heterocycles. The molecule has 0 bridgehead atoms. The minimum atomic E-state index is -1.15. The normalized spacial score (nSPS) is 16.1. The van der Waals surface area contributed by atoms with Crippen molar-refractivity contribution in [1.29, 1.82) is 5.41 Å². The molecule has 10 N–H and O–H groups in total. The molecule has 0 aliphatic carbocycles. The van der Waals surface area contributed by atoms with Gasteiger partial charge in [0.2, 0.25) is 6.35 Å². The Morgan fingerprint density at radius 1 is 1.18 bits per heavy atom. The van der Waals surface area contributed by atoms with Gasteiger partial charge in [0.1, 0.15) is 5.49 Å². The monoisotopic (exact) mass is 568 g/mol. The first kappa shape index (κ1) is 29.5. The maximum Gasteiger partial charge on any atom is 0.231 e. The summed E-state index contributed by atoms with van der Waals surface area (Å²) in [4.78, 5) is 9.18. The summed E-state index contributed by atoms with van der Waals surface area (Å²) in [5.74, 6) is -0.531. The van der Waals surface area contributed by atoms with Crippen molar-refractivity contribution < 1.29 is 9.50 Å². The number of H-pyrrole nitrogens is 1. The van der Waals surface area contributed by atoms with E-state index in [1.165, 1.54) is 0 Å². The third-order valence-electron chi connectivity index (χ3n) is 6.98. The fraction of sp³-hybridized carbons (Fsp3) is 0.379. The molecule has 0 radical (unpaired) electrons. The van der Waals surface area contributed by atoms with Crippen molar-refractivity contribution >= 4 is 29.4 Å². The smallest absolute Gasteiger partial charge is 0.231 e. The molecule has 9 nitrogen and oxygen atoms in total. The van der Waals surface area contributed by atoms with Crippen LogP contribution in [0.15, 0.2) is 47.5 Å². The number of hydrogen-bond donors (Lipinski definition) is 7. The van der Waals surface area contributed by atoms with Crippen LogP contribution in [0.2, 0.25) is 5.02 Å². The van der Waals surface area contributed by atoms with Crippen LogP contribution in [0.4, 0.5) is 10.1 Å². The van der Waals surface area contributed by atoms with Crippen LogP contribution in [0.5, 0.6) is 0 Å². The number of hydrogen-bond acceptors (Lipinski definition) is 6. The van der Waals surface area contributed by atoms with Crippen molar-refractivity contribution in [1.82, 2.24) is 10.3 Å². The van der Waals surface area contributed by atoms with Crippen molar-refractivity contribution in [3.63, 3.8) is 0 Å². The van der Waals surface area contributed by atoms with Crippen LogP contribution in [-0.2, 0) is 6.42 Å². The van der Waals surface area contributed by atoms with E-state index in [9.17, 15) is 5.11 Å². The zero-order valence-corrected chi connectivity index (χ0v) is 23.4. The Bertz CT molecular complexity index is 1440. The quantitative estimate of drug-likeness (QED) is 0.101. The van der Waals surface area contributed by atoms with Gasteiger partial charge in [-0.05, 0) is 86.9 Å². The maximum atomic E-state index is 15.1. The van der Waals surface area contributed by atoms with Crippen LogP contribution >= 0.6 is 11.6 Å². The lowest BCUT2D eigenvalue weighted by Crippen LogP contribution is -2.41. The molecular weight excluding hydrogens is 531 g/mol. The van der Waals surface area contributed by atoms with Gasteiger partial charge in [0.15, 0.2) is 11.8 Å². The summed E-state index contributed by atoms with van der Waals surface area (Å²) in [5, 5.41) is 21.5. The molecule has 3 aromatic rings. The highest BCUT2D eigenvalue weighted by Gasteiger charge is 2.20. The molecule has 3 atom stereocenters. The number of aryl methyl sites for hydroxylation is 1. The molecule has 2 heterocycles. The number of benzene rings is 2. The van der Waals surface area contributed by atoms with Crippen LogP contribution < -0.4 is 38.1 Å². The first-order valence-corrected chi connectivity index (χ1v) is 13.9. The number of aromatic amines is 1. The molecule has 1 aromatic heterocycles. The molecule has 1 unspecified atom stereocenters. The van der Waals surface area contributed by atoms with Crippen molar-refractivity contribution in [3.05, 3.63) is 75.1 Å². The highest BCUT2D eigenvalue weighted by molar-refractivity contribution is 6.31. The van der Waals surface area contributed by atoms with Gasteiger partial charge in [0, 0.05) is 41.3 Å². The average molecular weight is 569 g/mol. The number of guanidine groups is 1. The van der Waals surface area contributed by atoms with E-state index in [1.54, 1.807) is 23.2 Å². The van der Waals surface area contributed by atoms with Gasteiger partial charge in [-0.1, -0.05) is 23.7 Å². The number of aromatic nitrogens is 1. The molecular formula is C29H38ClFN8O. The van der Waals surface area contributed by atoms with Gasteiger partial charge in [-0.2, -0.15) is 0 Å². The lowest BCUT2D eigenvalue weighted by Gasteiger charge is -2.25. The summed E-state index contributed by atoms with van der Waals surface area (Å²) in [6.07, 6.45) is 5.71. The molecule has 0 amide bonds. The van der Waals surface area contributed by atoms with E-state index in [1.807, 2.05) is 37.3 Å². The zero-order valence-electron chi connectivity index (χ0n) is 22.6. The molecule has 11 heteroatoms. The van der Waals surface area contributed by atoms with E-state index < -0.39 is 12.2 Å². The average Bonchev–Trinajstić information content (AvgIpc) is 3.32. The molecule has 0 fully saturated rings. The van der Waals surface area contributed by atoms with Crippen LogP contribution in [-0.4, -0.2) is 35.0 Å². The van der Waals surface area contributed by atoms with Crippen LogP contribution in [0.3, 0.4) is 0 Å². The zero-order chi connectivity index (χ0) is 28.8. The van der Waals surface area contributed by atoms with E-state index in [4.69, 9.17) is 34.2 Å². The molecule has 0 saturated heterocycles. The number of nitrogens with one attached hydrogen (secondary N) is 3. The van der Waals surface area contributed by atoms with E-state index >= 15 is 4.39 Å². The Balaban J connectivity index is 1.49. The second-order valence-electron chi connectivity index (χ2n) is 10.3. The van der Waals surface area contributed by atoms with Crippen LogP contribution in [0.25, 0.3) is 17.5 Å². The van der Waals surface area contributed by atoms with Gasteiger partial charge in [0.25, 0.3) is 0 Å². The largest absolute Gasteiger partial charge is 0.370 e. The van der Waals surface area contributed by atoms with E-state index in [2.05, 4.69) is 15.3 Å². The summed E-state index contributed by atoms with van der Waals surface area (Å²) in [6.45, 7) is 2.61. The Labute approximate surface area is 238 Å². The number of fused-ring (bicyclic) bond motifs is 1. The van der Waals surface area contributed by atoms with E-state index in [0.29, 0.717) is 23.3 Å². The highest BCUT2D eigenvalue weighted by Crippen LogP contribution is 2.29. The lowest BCUT2D eigenvalue weighted by atomic mass is 10.0. The van der Waals surface area contributed by atoms with Gasteiger partial charge >= 0.3 is 0 Å². The molecule has 214 valence electrons. The van der Waals surface area contributed by atoms with Gasteiger partial charge < -0.3 is 37.5 Å². The summed E-state index contributed by atoms with van der Waals surface area (Å²) >= 11 is 6.23. The minimum Gasteiger partial charge on any atom is -0.370 e. The summed E-state index contributed by atoms with van der Waals surface area (Å²) in [7, 11) is 0. The van der Waals surface area contributed by atoms with E-state index in [-0.39, 0.29) is 23.1 Å². The van der Waals surface area contributed by atoms with Crippen molar-refractivity contribution in [2.45, 2.75) is 63.9 Å². The fourth-order valence-electron chi connectivity index (χ4n) is 4.80. The van der Waals surface area contributed by atoms with E-state index in [0.717, 1.165) is 60.6 Å². The number of unbranched alkanes of at least 4 members (excludes halogenated alkanes) is 1. The van der Waals surface area contributed by atoms with Crippen molar-refractivity contribution in [2.24, 2.45) is 22.2 Å². The number of aliphatic hydroxyl groups excluding tert-OH is 1. The Morgan fingerprint density at radius 3 is 2.62 bits per heavy atom. The third-order valence-corrected chi connectivity index (χ3v) is 7.25. The molecule has 2 aromatic carbocycles. The number of rotatable bonds is 12. The summed E-state index contributed by atoms with van der Waals surface area (Å²) in [6, 6.07) is 12.9. The van der Waals surface area contributed by atoms with Crippen molar-refractivity contribution in [2.75, 3.05) is 11.4 Å². The van der Waals surface area contributed by atoms with Gasteiger partial charge in [0.05, 0.1) is 10.7 Å². The van der Waals surface area contributed by atoms with Crippen LogP contribution in [0.1, 0.15) is 56.2 Å². The SMILES string of the molecule is C[C@H](N)CCCc1cc(Cl)c(F)c(-c2cc3c([nH]2)=NC(O)N(c2ccc([C@H](N)CCCCNC(=N)N)cc2)C=3)c1. The predicted octanol–water partition coefficient (Wildman–Crippen LogP) is 2.95. The van der Waals surface area contributed by atoms with Gasteiger partial charge in [-0.25, -0.2) is 9.38 Å². The fourth-order valence-corrected chi connectivity index (χ4v) is 5.04. The molecule has 0 saturated carbocycles. The number of nitrogens with zero attached hydrogens (tertiary/aromatic N) is 2. The molecule has 0 spiro atoms. The second kappa shape index (κ2) is 13.3. The topological polar surface area (TPSA) is 166 Å². The number of anilines is 1. The molecule has 4 rings (SSSR count). The van der Waals surface area contributed by atoms with Gasteiger partial charge in [-0.15, -0.1) is 0 Å². The summed E-state index contributed by atoms with van der Waals surface area (Å²) in [5.41, 5.74) is 21.5. The van der Waals surface area contributed by atoms with Crippen molar-refractivity contribution in [3.8, 4) is 11.3 Å². The van der Waals surface area contributed by atoms with Gasteiger partial charge in [-0.3, -0.25) is 5.41 Å². The number of nitrogens with two attached hydrogens (primary N) is 3. The minimum absolute atomic E-state index is 0.0270. The highest BCUT2D eigenvalue weighted by atomic mass is 35.5. The Kier molecular flexibility index (Phi) is 9.80.